The van der Waals surface area contributed by atoms with Gasteiger partial charge in [-0.3, -0.25) is 14.7 Å². The second-order valence-corrected chi connectivity index (χ2v) is 11.1. The number of aromatic nitrogens is 5. The molecule has 4 heterocycles. The van der Waals surface area contributed by atoms with Crippen LogP contribution in [-0.2, 0) is 11.8 Å². The van der Waals surface area contributed by atoms with Crippen molar-refractivity contribution in [2.75, 3.05) is 13.2 Å². The van der Waals surface area contributed by atoms with Gasteiger partial charge in [0.2, 0.25) is 5.91 Å². The Morgan fingerprint density at radius 3 is 2.78 bits per heavy atom. The molecule has 3 N–H and O–H groups in total. The molecule has 4 aromatic heterocycles. The summed E-state index contributed by atoms with van der Waals surface area (Å²) >= 11 is 1.32. The number of aliphatic hydroxyl groups is 1. The number of nitrogens with zero attached hydrogens (tertiary/aromatic N) is 4. The zero-order valence-corrected chi connectivity index (χ0v) is 24.9. The molecule has 2 aromatic carbocycles. The monoisotopic (exact) mass is 628 g/mol. The predicted octanol–water partition coefficient (Wildman–Crippen LogP) is 5.28. The van der Waals surface area contributed by atoms with E-state index in [0.717, 1.165) is 18.2 Å². The number of pyridine rings is 1. The highest BCUT2D eigenvalue weighted by Gasteiger charge is 2.27. The van der Waals surface area contributed by atoms with Crippen LogP contribution < -0.4 is 15.6 Å². The molecule has 0 fully saturated rings. The number of ether oxygens (including phenoxy) is 1. The van der Waals surface area contributed by atoms with Crippen LogP contribution in [0.5, 0.6) is 5.75 Å². The summed E-state index contributed by atoms with van der Waals surface area (Å²) in [5, 5.41) is 22.4. The Morgan fingerprint density at radius 2 is 2.00 bits per heavy atom. The van der Waals surface area contributed by atoms with E-state index in [-0.39, 0.29) is 41.7 Å². The van der Waals surface area contributed by atoms with Gasteiger partial charge in [0, 0.05) is 40.4 Å². The summed E-state index contributed by atoms with van der Waals surface area (Å²) in [7, 11) is 1.62. The van der Waals surface area contributed by atoms with Gasteiger partial charge in [0.1, 0.15) is 35.4 Å². The van der Waals surface area contributed by atoms with Crippen LogP contribution >= 0.6 is 11.3 Å². The third kappa shape index (κ3) is 5.47. The Bertz CT molecular complexity index is 2170. The lowest BCUT2D eigenvalue weighted by molar-refractivity contribution is -0.117. The van der Waals surface area contributed by atoms with E-state index in [0.29, 0.717) is 49.2 Å². The third-order valence-electron chi connectivity index (χ3n) is 7.27. The topological polar surface area (TPSA) is 135 Å². The van der Waals surface area contributed by atoms with Crippen molar-refractivity contribution in [3.63, 3.8) is 0 Å². The van der Waals surface area contributed by atoms with Crippen LogP contribution in [0.1, 0.15) is 18.7 Å². The number of benzene rings is 2. The molecule has 228 valence electrons. The molecular formula is C32H26F2N6O4S. The number of hydrogen-bond acceptors (Lipinski definition) is 8. The minimum atomic E-state index is -0.893. The summed E-state index contributed by atoms with van der Waals surface area (Å²) in [5.74, 6) is -2.24. The van der Waals surface area contributed by atoms with Crippen molar-refractivity contribution in [2.24, 2.45) is 7.05 Å². The van der Waals surface area contributed by atoms with Gasteiger partial charge in [-0.1, -0.05) is 12.6 Å². The first-order valence-electron chi connectivity index (χ1n) is 13.8. The summed E-state index contributed by atoms with van der Waals surface area (Å²) in [5.41, 5.74) is 2.73. The van der Waals surface area contributed by atoms with Crippen LogP contribution in [-0.4, -0.2) is 49.0 Å². The second kappa shape index (κ2) is 12.0. The van der Waals surface area contributed by atoms with E-state index in [1.807, 2.05) is 11.4 Å². The largest absolute Gasteiger partial charge is 0.490 e. The number of aryl methyl sites for hydroxylation is 1. The Balaban J connectivity index is 1.65. The molecule has 13 heteroatoms. The lowest BCUT2D eigenvalue weighted by Crippen LogP contribution is -2.24. The van der Waals surface area contributed by atoms with Crippen molar-refractivity contribution >= 4 is 38.2 Å². The smallest absolute Gasteiger partial charge is 0.260 e. The van der Waals surface area contributed by atoms with Gasteiger partial charge in [0.25, 0.3) is 5.56 Å². The Kier molecular flexibility index (Phi) is 7.96. The summed E-state index contributed by atoms with van der Waals surface area (Å²) in [6, 6.07) is 10.1. The van der Waals surface area contributed by atoms with Crippen LogP contribution in [0.15, 0.2) is 71.6 Å². The summed E-state index contributed by atoms with van der Waals surface area (Å²) < 4.78 is 37.9. The van der Waals surface area contributed by atoms with Gasteiger partial charge < -0.3 is 19.7 Å². The van der Waals surface area contributed by atoms with E-state index in [4.69, 9.17) is 9.72 Å². The van der Waals surface area contributed by atoms with Gasteiger partial charge in [-0.05, 0) is 42.6 Å². The second-order valence-electron chi connectivity index (χ2n) is 10.2. The first kappa shape index (κ1) is 29.8. The number of H-pyrrole nitrogens is 1. The Morgan fingerprint density at radius 1 is 1.18 bits per heavy atom. The van der Waals surface area contributed by atoms with Crippen molar-refractivity contribution < 1.29 is 23.4 Å². The number of carbonyl (C=O) groups excluding carboxylic acids is 1. The highest BCUT2D eigenvalue weighted by atomic mass is 32.1. The molecule has 6 rings (SSSR count). The first-order chi connectivity index (χ1) is 21.7. The average molecular weight is 629 g/mol. The quantitative estimate of drug-likeness (QED) is 0.186. The number of nitrogens with one attached hydrogen (secondary N) is 2. The highest BCUT2D eigenvalue weighted by molar-refractivity contribution is 7.18. The number of amides is 1. The average Bonchev–Trinajstić information content (AvgIpc) is 3.72. The number of hydrogen-bond donors (Lipinski definition) is 3. The minimum absolute atomic E-state index is 0.0551. The first-order valence-corrected chi connectivity index (χ1v) is 14.7. The summed E-state index contributed by atoms with van der Waals surface area (Å²) in [6.45, 7) is 4.67. The fourth-order valence-electron chi connectivity index (χ4n) is 5.11. The van der Waals surface area contributed by atoms with Gasteiger partial charge >= 0.3 is 0 Å². The number of aliphatic hydroxyl groups excluding tert-OH is 1. The van der Waals surface area contributed by atoms with E-state index in [1.165, 1.54) is 22.2 Å². The van der Waals surface area contributed by atoms with Crippen LogP contribution in [0.25, 0.3) is 54.8 Å². The molecule has 0 aliphatic heterocycles. The molecule has 0 saturated carbocycles. The lowest BCUT2D eigenvalue weighted by Gasteiger charge is -2.17. The summed E-state index contributed by atoms with van der Waals surface area (Å²) in [6.07, 6.45) is 2.61. The molecule has 45 heavy (non-hydrogen) atoms. The normalized spacial score (nSPS) is 12.0. The minimum Gasteiger partial charge on any atom is -0.490 e. The molecule has 1 amide bonds. The third-order valence-corrected chi connectivity index (χ3v) is 8.20. The van der Waals surface area contributed by atoms with E-state index >= 15 is 4.39 Å². The Labute approximate surface area is 258 Å². The van der Waals surface area contributed by atoms with Crippen LogP contribution in [0.3, 0.4) is 0 Å². The fraction of sp³-hybridized carbons (Fsp3) is 0.156. The standard InChI is InChI=1S/C32H26F2N6O4S/c1-4-26(42)36-16(2)23-14-24(39-38-23)30-28(27-21(34)12-18(33)13-25(27)44-9-8-41)31-19(7-10-45-31)29(37-30)17-5-6-22-20(11-17)32(43)40(3)15-35-22/h4-7,10-16,41H,1,8-9H2,2-3H3,(H,36,42)(H,38,39). The van der Waals surface area contributed by atoms with Gasteiger partial charge in [-0.25, -0.2) is 18.7 Å². The molecule has 0 spiro atoms. The maximum atomic E-state index is 15.8. The Hall–Kier alpha value is -5.27. The molecule has 0 aliphatic rings. The SMILES string of the molecule is C=CC(=O)NC(C)c1cc(-c2nc(-c3ccc4ncn(C)c(=O)c4c3)c3ccsc3c2-c2c(F)cc(F)cc2OCCO)n[nH]1. The molecule has 10 nitrogen and oxygen atoms in total. The number of fused-ring (bicyclic) bond motifs is 2. The molecule has 0 saturated heterocycles. The molecule has 1 unspecified atom stereocenters. The van der Waals surface area contributed by atoms with Crippen molar-refractivity contribution in [2.45, 2.75) is 13.0 Å². The van der Waals surface area contributed by atoms with Gasteiger partial charge in [0.05, 0.1) is 46.8 Å². The number of carbonyl (C=O) groups is 1. The number of halogens is 2. The maximum Gasteiger partial charge on any atom is 0.260 e. The molecule has 6 aromatic rings. The van der Waals surface area contributed by atoms with Crippen LogP contribution in [0.4, 0.5) is 8.78 Å². The zero-order valence-electron chi connectivity index (χ0n) is 24.1. The molecule has 1 atom stereocenters. The molecule has 0 aliphatic carbocycles. The highest BCUT2D eigenvalue weighted by Crippen LogP contribution is 2.47. The fourth-order valence-corrected chi connectivity index (χ4v) is 6.06. The summed E-state index contributed by atoms with van der Waals surface area (Å²) in [4.78, 5) is 34.3. The van der Waals surface area contributed by atoms with Gasteiger partial charge in [-0.15, -0.1) is 11.3 Å². The predicted molar refractivity (Wildman–Crippen MR) is 168 cm³/mol. The van der Waals surface area contributed by atoms with Gasteiger partial charge in [-0.2, -0.15) is 5.10 Å². The van der Waals surface area contributed by atoms with E-state index in [9.17, 15) is 19.1 Å². The number of aromatic amines is 1. The van der Waals surface area contributed by atoms with Crippen molar-refractivity contribution in [1.29, 1.82) is 0 Å². The van der Waals surface area contributed by atoms with Crippen molar-refractivity contribution in [1.82, 2.24) is 30.0 Å². The number of rotatable bonds is 9. The lowest BCUT2D eigenvalue weighted by atomic mass is 9.96. The maximum absolute atomic E-state index is 15.8. The van der Waals surface area contributed by atoms with Crippen LogP contribution in [0.2, 0.25) is 0 Å². The van der Waals surface area contributed by atoms with Crippen molar-refractivity contribution in [3.05, 3.63) is 94.5 Å². The number of thiophene rings is 1. The molecular weight excluding hydrogens is 602 g/mol. The molecule has 0 bridgehead atoms. The van der Waals surface area contributed by atoms with Gasteiger partial charge in [0.15, 0.2) is 0 Å². The van der Waals surface area contributed by atoms with Crippen molar-refractivity contribution in [3.8, 4) is 39.5 Å². The zero-order chi connectivity index (χ0) is 31.8. The van der Waals surface area contributed by atoms with E-state index in [2.05, 4.69) is 27.1 Å². The molecule has 0 radical (unpaired) electrons. The van der Waals surface area contributed by atoms with E-state index in [1.54, 1.807) is 38.2 Å². The van der Waals surface area contributed by atoms with E-state index < -0.39 is 17.7 Å². The van der Waals surface area contributed by atoms with Crippen LogP contribution in [0, 0.1) is 11.6 Å².